The van der Waals surface area contributed by atoms with Gasteiger partial charge in [-0.25, -0.2) is 0 Å². The van der Waals surface area contributed by atoms with Crippen molar-refractivity contribution in [1.29, 1.82) is 0 Å². The summed E-state index contributed by atoms with van der Waals surface area (Å²) in [7, 11) is 0. The fourth-order valence-electron chi connectivity index (χ4n) is 5.99. The fourth-order valence-corrected chi connectivity index (χ4v) is 5.99. The SMILES string of the molecule is C=C1CCC2CC([C@@]3(C)CC[C@H](C)C[C@@H]3CO)CC[C@]12C. The second-order valence-corrected chi connectivity index (χ2v) is 8.99. The van der Waals surface area contributed by atoms with Crippen molar-refractivity contribution in [2.24, 2.45) is 34.5 Å². The maximum Gasteiger partial charge on any atom is 0.0464 e. The van der Waals surface area contributed by atoms with Gasteiger partial charge in [-0.3, -0.25) is 0 Å². The first-order valence-electron chi connectivity index (χ1n) is 9.19. The zero-order valence-corrected chi connectivity index (χ0v) is 14.3. The van der Waals surface area contributed by atoms with Gasteiger partial charge in [0.15, 0.2) is 0 Å². The molecule has 2 unspecified atom stereocenters. The van der Waals surface area contributed by atoms with Crippen LogP contribution < -0.4 is 0 Å². The van der Waals surface area contributed by atoms with Gasteiger partial charge in [0.2, 0.25) is 0 Å². The summed E-state index contributed by atoms with van der Waals surface area (Å²) in [4.78, 5) is 0. The van der Waals surface area contributed by atoms with E-state index in [0.29, 0.717) is 23.4 Å². The van der Waals surface area contributed by atoms with Crippen LogP contribution in [0.2, 0.25) is 0 Å². The third-order valence-corrected chi connectivity index (χ3v) is 8.03. The zero-order chi connectivity index (χ0) is 15.3. The molecule has 0 aromatic carbocycles. The summed E-state index contributed by atoms with van der Waals surface area (Å²) in [5.41, 5.74) is 2.34. The summed E-state index contributed by atoms with van der Waals surface area (Å²) in [5, 5.41) is 9.94. The summed E-state index contributed by atoms with van der Waals surface area (Å²) in [5.74, 6) is 3.01. The Morgan fingerprint density at radius 1 is 1.10 bits per heavy atom. The molecule has 0 amide bonds. The highest BCUT2D eigenvalue weighted by atomic mass is 16.3. The molecule has 0 heterocycles. The first kappa shape index (κ1) is 15.6. The van der Waals surface area contributed by atoms with E-state index in [9.17, 15) is 5.11 Å². The third kappa shape index (κ3) is 2.40. The largest absolute Gasteiger partial charge is 0.396 e. The van der Waals surface area contributed by atoms with Crippen molar-refractivity contribution < 1.29 is 5.11 Å². The van der Waals surface area contributed by atoms with Crippen molar-refractivity contribution in [3.63, 3.8) is 0 Å². The molecule has 1 N–H and O–H groups in total. The van der Waals surface area contributed by atoms with Crippen LogP contribution in [0.5, 0.6) is 0 Å². The molecule has 0 spiro atoms. The third-order valence-electron chi connectivity index (χ3n) is 8.03. The van der Waals surface area contributed by atoms with Gasteiger partial charge in [0.05, 0.1) is 0 Å². The molecule has 1 nitrogen and oxygen atoms in total. The van der Waals surface area contributed by atoms with Gasteiger partial charge in [-0.2, -0.15) is 0 Å². The Hall–Kier alpha value is -0.300. The molecule has 0 saturated heterocycles. The van der Waals surface area contributed by atoms with Crippen molar-refractivity contribution in [1.82, 2.24) is 0 Å². The molecular weight excluding hydrogens is 256 g/mol. The lowest BCUT2D eigenvalue weighted by Crippen LogP contribution is -2.45. The van der Waals surface area contributed by atoms with Crippen LogP contribution in [-0.2, 0) is 0 Å². The maximum atomic E-state index is 9.94. The first-order chi connectivity index (χ1) is 9.90. The molecule has 3 rings (SSSR count). The number of fused-ring (bicyclic) bond motifs is 1. The molecule has 0 radical (unpaired) electrons. The van der Waals surface area contributed by atoms with E-state index in [1.54, 1.807) is 0 Å². The highest BCUT2D eigenvalue weighted by Crippen LogP contribution is 2.61. The molecule has 0 aliphatic heterocycles. The minimum Gasteiger partial charge on any atom is -0.396 e. The lowest BCUT2D eigenvalue weighted by atomic mass is 9.52. The van der Waals surface area contributed by atoms with Gasteiger partial charge >= 0.3 is 0 Å². The Bertz CT molecular complexity index is 414. The molecule has 0 aromatic rings. The number of hydrogen-bond acceptors (Lipinski definition) is 1. The van der Waals surface area contributed by atoms with E-state index in [0.717, 1.165) is 17.8 Å². The van der Waals surface area contributed by atoms with Gasteiger partial charge < -0.3 is 5.11 Å². The molecular formula is C20H34O. The predicted octanol–water partition coefficient (Wildman–Crippen LogP) is 5.19. The number of hydrogen-bond donors (Lipinski definition) is 1. The van der Waals surface area contributed by atoms with E-state index in [1.807, 2.05) is 0 Å². The van der Waals surface area contributed by atoms with E-state index >= 15 is 0 Å². The monoisotopic (exact) mass is 290 g/mol. The standard InChI is InChI=1S/C20H34O/c1-14-7-9-20(4,18(11-14)13-21)17-8-10-19(3)15(2)5-6-16(19)12-17/h14,16-18,21H,2,5-13H2,1,3-4H3/t14-,16?,17?,18+,19+,20+/m0/s1. The van der Waals surface area contributed by atoms with E-state index < -0.39 is 0 Å². The van der Waals surface area contributed by atoms with Crippen molar-refractivity contribution in [2.45, 2.75) is 72.1 Å². The Kier molecular flexibility index (Phi) is 4.01. The van der Waals surface area contributed by atoms with Crippen LogP contribution in [0.1, 0.15) is 72.1 Å². The van der Waals surface area contributed by atoms with Crippen molar-refractivity contribution in [3.8, 4) is 0 Å². The molecule has 120 valence electrons. The van der Waals surface area contributed by atoms with E-state index in [1.165, 1.54) is 56.9 Å². The highest BCUT2D eigenvalue weighted by Gasteiger charge is 2.51. The van der Waals surface area contributed by atoms with Crippen LogP contribution in [-0.4, -0.2) is 11.7 Å². The lowest BCUT2D eigenvalue weighted by molar-refractivity contribution is -0.0444. The predicted molar refractivity (Wildman–Crippen MR) is 89.0 cm³/mol. The van der Waals surface area contributed by atoms with Crippen LogP contribution in [0.25, 0.3) is 0 Å². The average molecular weight is 290 g/mol. The van der Waals surface area contributed by atoms with Crippen LogP contribution >= 0.6 is 0 Å². The van der Waals surface area contributed by atoms with E-state index in [-0.39, 0.29) is 0 Å². The second kappa shape index (κ2) is 5.41. The minimum atomic E-state index is 0.381. The molecule has 0 aromatic heterocycles. The summed E-state index contributed by atoms with van der Waals surface area (Å²) >= 11 is 0. The summed E-state index contributed by atoms with van der Waals surface area (Å²) < 4.78 is 0. The molecule has 21 heavy (non-hydrogen) atoms. The van der Waals surface area contributed by atoms with Gasteiger partial charge in [0.25, 0.3) is 0 Å². The van der Waals surface area contributed by atoms with Gasteiger partial charge in [0.1, 0.15) is 0 Å². The van der Waals surface area contributed by atoms with E-state index in [2.05, 4.69) is 27.4 Å². The molecule has 3 aliphatic rings. The molecule has 3 aliphatic carbocycles. The first-order valence-corrected chi connectivity index (χ1v) is 9.19. The normalized spacial score (nSPS) is 51.0. The Morgan fingerprint density at radius 2 is 1.86 bits per heavy atom. The minimum absolute atomic E-state index is 0.381. The van der Waals surface area contributed by atoms with Gasteiger partial charge in [-0.05, 0) is 79.4 Å². The highest BCUT2D eigenvalue weighted by molar-refractivity contribution is 5.19. The topological polar surface area (TPSA) is 20.2 Å². The maximum absolute atomic E-state index is 9.94. The number of allylic oxidation sites excluding steroid dienone is 1. The van der Waals surface area contributed by atoms with Crippen molar-refractivity contribution in [2.75, 3.05) is 6.61 Å². The molecule has 3 fully saturated rings. The molecule has 0 bridgehead atoms. The van der Waals surface area contributed by atoms with Gasteiger partial charge in [-0.1, -0.05) is 39.3 Å². The quantitative estimate of drug-likeness (QED) is 0.694. The Labute approximate surface area is 131 Å². The number of aliphatic hydroxyl groups excluding tert-OH is 1. The number of rotatable bonds is 2. The summed E-state index contributed by atoms with van der Waals surface area (Å²) in [6, 6.07) is 0. The average Bonchev–Trinajstić information content (AvgIpc) is 2.77. The number of aliphatic hydroxyl groups is 1. The van der Waals surface area contributed by atoms with Gasteiger partial charge in [0, 0.05) is 6.61 Å². The Morgan fingerprint density at radius 3 is 2.57 bits per heavy atom. The summed E-state index contributed by atoms with van der Waals surface area (Å²) in [6.45, 7) is 12.1. The second-order valence-electron chi connectivity index (χ2n) is 8.99. The zero-order valence-electron chi connectivity index (χ0n) is 14.3. The molecule has 6 atom stereocenters. The van der Waals surface area contributed by atoms with Gasteiger partial charge in [-0.15, -0.1) is 0 Å². The smallest absolute Gasteiger partial charge is 0.0464 e. The van der Waals surface area contributed by atoms with E-state index in [4.69, 9.17) is 0 Å². The molecule has 3 saturated carbocycles. The summed E-state index contributed by atoms with van der Waals surface area (Å²) in [6.07, 6.45) is 10.6. The van der Waals surface area contributed by atoms with Crippen LogP contribution in [0.15, 0.2) is 12.2 Å². The van der Waals surface area contributed by atoms with Crippen LogP contribution in [0.3, 0.4) is 0 Å². The molecule has 1 heteroatoms. The van der Waals surface area contributed by atoms with Crippen LogP contribution in [0.4, 0.5) is 0 Å². The fraction of sp³-hybridized carbons (Fsp3) is 0.900. The Balaban J connectivity index is 1.77. The lowest BCUT2D eigenvalue weighted by Gasteiger charge is -2.53. The van der Waals surface area contributed by atoms with Crippen LogP contribution in [0, 0.1) is 34.5 Å². The van der Waals surface area contributed by atoms with Crippen molar-refractivity contribution in [3.05, 3.63) is 12.2 Å². The van der Waals surface area contributed by atoms with Crippen molar-refractivity contribution >= 4 is 0 Å².